The highest BCUT2D eigenvalue weighted by Gasteiger charge is 2.30. The minimum absolute atomic E-state index is 0.148. The molecule has 0 saturated carbocycles. The molecule has 2 aromatic rings. The van der Waals surface area contributed by atoms with E-state index in [4.69, 9.17) is 9.47 Å². The maximum Gasteiger partial charge on any atom is 0.206 e. The monoisotopic (exact) mass is 402 g/mol. The lowest BCUT2D eigenvalue weighted by atomic mass is 9.86. The molecule has 1 unspecified atom stereocenters. The highest BCUT2D eigenvalue weighted by molar-refractivity contribution is 7.91. The first-order chi connectivity index (χ1) is 12.9. The fourth-order valence-corrected chi connectivity index (χ4v) is 4.88. The minimum atomic E-state index is -3.65. The van der Waals surface area contributed by atoms with E-state index in [-0.39, 0.29) is 16.9 Å². The van der Waals surface area contributed by atoms with Crippen molar-refractivity contribution in [1.82, 2.24) is 0 Å². The van der Waals surface area contributed by atoms with E-state index in [0.29, 0.717) is 22.1 Å². The summed E-state index contributed by atoms with van der Waals surface area (Å²) in [6.45, 7) is 13.5. The van der Waals surface area contributed by atoms with Crippen LogP contribution in [0.15, 0.2) is 52.3 Å². The Morgan fingerprint density at radius 3 is 2.14 bits per heavy atom. The van der Waals surface area contributed by atoms with Crippen molar-refractivity contribution in [1.29, 1.82) is 0 Å². The number of benzene rings is 2. The Kier molecular flexibility index (Phi) is 5.36. The fraction of sp³-hybridized carbons (Fsp3) is 0.478. The second-order valence-corrected chi connectivity index (χ2v) is 11.3. The number of hydrogen-bond acceptors (Lipinski definition) is 4. The number of sulfone groups is 1. The number of ether oxygens (including phenoxy) is 2. The lowest BCUT2D eigenvalue weighted by Gasteiger charge is -2.25. The maximum absolute atomic E-state index is 13.5. The predicted molar refractivity (Wildman–Crippen MR) is 111 cm³/mol. The molecule has 4 nitrogen and oxygen atoms in total. The van der Waals surface area contributed by atoms with Gasteiger partial charge in [-0.3, -0.25) is 0 Å². The van der Waals surface area contributed by atoms with Gasteiger partial charge in [-0.05, 0) is 40.7 Å². The summed E-state index contributed by atoms with van der Waals surface area (Å²) in [6, 6.07) is 12.4. The van der Waals surface area contributed by atoms with Crippen LogP contribution in [0, 0.1) is 0 Å². The highest BCUT2D eigenvalue weighted by Crippen LogP contribution is 2.37. The summed E-state index contributed by atoms with van der Waals surface area (Å²) >= 11 is 0. The number of hydrogen-bond donors (Lipinski definition) is 0. The SMILES string of the molecule is CC(C)(C)c1cc(S(=O)(=O)c2ccccc2C(C)(C)C)ccc1OCC1CO1. The third kappa shape index (κ3) is 4.41. The number of epoxide rings is 1. The van der Waals surface area contributed by atoms with E-state index in [1.165, 1.54) is 0 Å². The molecular formula is C23H30O4S. The summed E-state index contributed by atoms with van der Waals surface area (Å²) in [4.78, 5) is 0.659. The van der Waals surface area contributed by atoms with Gasteiger partial charge in [0, 0.05) is 5.56 Å². The second-order valence-electron chi connectivity index (χ2n) is 9.42. The molecule has 1 aliphatic heterocycles. The van der Waals surface area contributed by atoms with Crippen LogP contribution in [-0.2, 0) is 25.4 Å². The molecule has 0 aromatic heterocycles. The van der Waals surface area contributed by atoms with Crippen LogP contribution in [0.1, 0.15) is 52.7 Å². The van der Waals surface area contributed by atoms with Gasteiger partial charge in [-0.15, -0.1) is 0 Å². The molecule has 5 heteroatoms. The van der Waals surface area contributed by atoms with Crippen molar-refractivity contribution in [2.75, 3.05) is 13.2 Å². The van der Waals surface area contributed by atoms with E-state index in [1.807, 2.05) is 32.9 Å². The molecular weight excluding hydrogens is 372 g/mol. The van der Waals surface area contributed by atoms with Crippen molar-refractivity contribution in [3.05, 3.63) is 53.6 Å². The molecule has 1 fully saturated rings. The van der Waals surface area contributed by atoms with Gasteiger partial charge in [-0.2, -0.15) is 0 Å². The summed E-state index contributed by atoms with van der Waals surface area (Å²) in [7, 11) is -3.65. The second kappa shape index (κ2) is 7.20. The van der Waals surface area contributed by atoms with E-state index >= 15 is 0 Å². The molecule has 0 bridgehead atoms. The Hall–Kier alpha value is -1.85. The molecule has 1 saturated heterocycles. The smallest absolute Gasteiger partial charge is 0.206 e. The quantitative estimate of drug-likeness (QED) is 0.668. The van der Waals surface area contributed by atoms with Crippen LogP contribution >= 0.6 is 0 Å². The summed E-state index contributed by atoms with van der Waals surface area (Å²) in [6.07, 6.45) is 0.148. The highest BCUT2D eigenvalue weighted by atomic mass is 32.2. The molecule has 0 spiro atoms. The van der Waals surface area contributed by atoms with E-state index in [0.717, 1.165) is 17.7 Å². The van der Waals surface area contributed by atoms with Crippen molar-refractivity contribution >= 4 is 9.84 Å². The lowest BCUT2D eigenvalue weighted by molar-refractivity contribution is 0.258. The number of rotatable bonds is 5. The van der Waals surface area contributed by atoms with Crippen LogP contribution in [0.3, 0.4) is 0 Å². The first-order valence-corrected chi connectivity index (χ1v) is 11.1. The van der Waals surface area contributed by atoms with Crippen molar-refractivity contribution in [3.63, 3.8) is 0 Å². The molecule has 1 aliphatic rings. The maximum atomic E-state index is 13.5. The van der Waals surface area contributed by atoms with Crippen LogP contribution < -0.4 is 4.74 Å². The molecule has 1 heterocycles. The van der Waals surface area contributed by atoms with Gasteiger partial charge in [0.25, 0.3) is 0 Å². The van der Waals surface area contributed by atoms with E-state index < -0.39 is 9.84 Å². The first kappa shape index (κ1) is 20.9. The summed E-state index contributed by atoms with van der Waals surface area (Å²) in [5.41, 5.74) is 1.17. The molecule has 152 valence electrons. The summed E-state index contributed by atoms with van der Waals surface area (Å²) in [5, 5.41) is 0. The zero-order valence-electron chi connectivity index (χ0n) is 17.6. The normalized spacial score (nSPS) is 17.4. The van der Waals surface area contributed by atoms with Crippen LogP contribution in [0.4, 0.5) is 0 Å². The van der Waals surface area contributed by atoms with Gasteiger partial charge in [0.1, 0.15) is 18.5 Å². The van der Waals surface area contributed by atoms with Crippen molar-refractivity contribution in [2.45, 2.75) is 68.3 Å². The van der Waals surface area contributed by atoms with Crippen LogP contribution in [0.2, 0.25) is 0 Å². The van der Waals surface area contributed by atoms with Gasteiger partial charge in [0.15, 0.2) is 0 Å². The topological polar surface area (TPSA) is 55.9 Å². The minimum Gasteiger partial charge on any atom is -0.490 e. The van der Waals surface area contributed by atoms with Crippen molar-refractivity contribution in [2.24, 2.45) is 0 Å². The van der Waals surface area contributed by atoms with Gasteiger partial charge < -0.3 is 9.47 Å². The molecule has 1 atom stereocenters. The van der Waals surface area contributed by atoms with E-state index in [1.54, 1.807) is 30.3 Å². The van der Waals surface area contributed by atoms with Gasteiger partial charge in [-0.1, -0.05) is 59.7 Å². The van der Waals surface area contributed by atoms with Gasteiger partial charge in [-0.25, -0.2) is 8.42 Å². The Labute approximate surface area is 168 Å². The largest absolute Gasteiger partial charge is 0.490 e. The van der Waals surface area contributed by atoms with Gasteiger partial charge >= 0.3 is 0 Å². The Morgan fingerprint density at radius 2 is 1.57 bits per heavy atom. The van der Waals surface area contributed by atoms with Crippen LogP contribution in [0.25, 0.3) is 0 Å². The first-order valence-electron chi connectivity index (χ1n) is 9.64. The van der Waals surface area contributed by atoms with Crippen molar-refractivity contribution < 1.29 is 17.9 Å². The molecule has 0 aliphatic carbocycles. The molecule has 0 amide bonds. The summed E-state index contributed by atoms with van der Waals surface area (Å²) in [5.74, 6) is 0.714. The van der Waals surface area contributed by atoms with E-state index in [9.17, 15) is 8.42 Å². The molecule has 0 N–H and O–H groups in total. The Morgan fingerprint density at radius 1 is 0.964 bits per heavy atom. The zero-order chi connectivity index (χ0) is 20.7. The van der Waals surface area contributed by atoms with E-state index in [2.05, 4.69) is 20.8 Å². The fourth-order valence-electron chi connectivity index (χ4n) is 3.18. The molecule has 3 rings (SSSR count). The zero-order valence-corrected chi connectivity index (χ0v) is 18.4. The third-order valence-corrected chi connectivity index (χ3v) is 6.69. The summed E-state index contributed by atoms with van der Waals surface area (Å²) < 4.78 is 38.1. The van der Waals surface area contributed by atoms with Crippen LogP contribution in [0.5, 0.6) is 5.75 Å². The molecule has 28 heavy (non-hydrogen) atoms. The standard InChI is InChI=1S/C23H30O4S/c1-22(2,3)18-9-7-8-10-21(18)28(24,25)17-11-12-20(27-15-16-14-26-16)19(13-17)23(4,5)6/h7-13,16H,14-15H2,1-6H3. The van der Waals surface area contributed by atoms with Gasteiger partial charge in [0.2, 0.25) is 9.84 Å². The Bertz CT molecular complexity index is 959. The van der Waals surface area contributed by atoms with Crippen molar-refractivity contribution in [3.8, 4) is 5.75 Å². The van der Waals surface area contributed by atoms with Gasteiger partial charge in [0.05, 0.1) is 16.4 Å². The predicted octanol–water partition coefficient (Wildman–Crippen LogP) is 4.89. The molecule has 2 aromatic carbocycles. The average molecular weight is 403 g/mol. The van der Waals surface area contributed by atoms with Crippen LogP contribution in [-0.4, -0.2) is 27.7 Å². The lowest BCUT2D eigenvalue weighted by Crippen LogP contribution is -2.19. The molecule has 0 radical (unpaired) electrons. The Balaban J connectivity index is 2.08. The third-order valence-electron chi connectivity index (χ3n) is 4.88. The average Bonchev–Trinajstić information content (AvgIpc) is 3.42.